The van der Waals surface area contributed by atoms with Crippen molar-refractivity contribution in [3.05, 3.63) is 59.7 Å². The molecule has 0 saturated heterocycles. The van der Waals surface area contributed by atoms with E-state index < -0.39 is 0 Å². The van der Waals surface area contributed by atoms with Gasteiger partial charge in [-0.1, -0.05) is 48.5 Å². The first-order valence-corrected chi connectivity index (χ1v) is 8.72. The van der Waals surface area contributed by atoms with Crippen LogP contribution in [0.5, 0.6) is 0 Å². The highest BCUT2D eigenvalue weighted by molar-refractivity contribution is 5.65. The van der Waals surface area contributed by atoms with E-state index in [1.165, 1.54) is 22.3 Å². The van der Waals surface area contributed by atoms with Crippen LogP contribution in [0.4, 0.5) is 0 Å². The molecule has 2 aromatic carbocycles. The third-order valence-electron chi connectivity index (χ3n) is 4.23. The highest BCUT2D eigenvalue weighted by atomic mass is 14.7. The van der Waals surface area contributed by atoms with Gasteiger partial charge in [-0.25, -0.2) is 0 Å². The smallest absolute Gasteiger partial charge is 0.00913 e. The molecule has 0 radical (unpaired) electrons. The Balaban J connectivity index is 2.28. The molecule has 0 spiro atoms. The van der Waals surface area contributed by atoms with Gasteiger partial charge in [-0.15, -0.1) is 0 Å². The van der Waals surface area contributed by atoms with Gasteiger partial charge in [-0.2, -0.15) is 0 Å². The molecule has 0 bridgehead atoms. The molecular weight excluding hydrogens is 296 g/mol. The van der Waals surface area contributed by atoms with Gasteiger partial charge in [0, 0.05) is 12.1 Å². The Morgan fingerprint density at radius 2 is 1.17 bits per heavy atom. The highest BCUT2D eigenvalue weighted by Crippen LogP contribution is 2.24. The van der Waals surface area contributed by atoms with E-state index in [1.807, 2.05) is 6.07 Å². The van der Waals surface area contributed by atoms with Crippen molar-refractivity contribution in [2.75, 3.05) is 13.1 Å². The Bertz CT molecular complexity index is 580. The van der Waals surface area contributed by atoms with Crippen LogP contribution in [0.2, 0.25) is 0 Å². The highest BCUT2D eigenvalue weighted by Gasteiger charge is 2.10. The molecule has 24 heavy (non-hydrogen) atoms. The fourth-order valence-corrected chi connectivity index (χ4v) is 3.03. The van der Waals surface area contributed by atoms with Gasteiger partial charge in [0.25, 0.3) is 0 Å². The molecule has 2 rings (SSSR count). The van der Waals surface area contributed by atoms with Crippen LogP contribution in [0, 0.1) is 0 Å². The van der Waals surface area contributed by atoms with Crippen LogP contribution in [-0.2, 0) is 12.8 Å². The summed E-state index contributed by atoms with van der Waals surface area (Å²) in [5, 5.41) is 0. The first kappa shape index (κ1) is 18.6. The van der Waals surface area contributed by atoms with Gasteiger partial charge < -0.3 is 22.9 Å². The van der Waals surface area contributed by atoms with Crippen molar-refractivity contribution >= 4 is 0 Å². The van der Waals surface area contributed by atoms with Crippen LogP contribution in [0.15, 0.2) is 48.5 Å². The van der Waals surface area contributed by atoms with Gasteiger partial charge in [0.05, 0.1) is 0 Å². The molecule has 2 unspecified atom stereocenters. The van der Waals surface area contributed by atoms with E-state index >= 15 is 0 Å². The average Bonchev–Trinajstić information content (AvgIpc) is 2.55. The summed E-state index contributed by atoms with van der Waals surface area (Å²) in [6, 6.07) is 17.3. The maximum Gasteiger partial charge on any atom is 0.00913 e. The molecule has 2 atom stereocenters. The quantitative estimate of drug-likeness (QED) is 0.564. The average molecular weight is 326 g/mol. The molecule has 0 aliphatic carbocycles. The second-order valence-electron chi connectivity index (χ2n) is 6.49. The zero-order chi connectivity index (χ0) is 17.4. The van der Waals surface area contributed by atoms with Crippen molar-refractivity contribution in [2.24, 2.45) is 22.9 Å². The van der Waals surface area contributed by atoms with Crippen molar-refractivity contribution in [1.82, 2.24) is 0 Å². The summed E-state index contributed by atoms with van der Waals surface area (Å²) < 4.78 is 0. The third-order valence-corrected chi connectivity index (χ3v) is 4.23. The summed E-state index contributed by atoms with van der Waals surface area (Å²) >= 11 is 0. The van der Waals surface area contributed by atoms with E-state index in [1.54, 1.807) is 0 Å². The molecule has 0 fully saturated rings. The van der Waals surface area contributed by atoms with Gasteiger partial charge in [0.1, 0.15) is 0 Å². The Morgan fingerprint density at radius 3 is 1.62 bits per heavy atom. The molecule has 0 aliphatic heterocycles. The maximum atomic E-state index is 6.18. The van der Waals surface area contributed by atoms with E-state index in [2.05, 4.69) is 42.5 Å². The van der Waals surface area contributed by atoms with E-state index in [0.717, 1.165) is 25.7 Å². The topological polar surface area (TPSA) is 104 Å². The molecule has 4 nitrogen and oxygen atoms in total. The number of hydrogen-bond acceptors (Lipinski definition) is 4. The van der Waals surface area contributed by atoms with Crippen molar-refractivity contribution in [2.45, 2.75) is 37.8 Å². The lowest BCUT2D eigenvalue weighted by Gasteiger charge is -2.16. The molecule has 0 amide bonds. The van der Waals surface area contributed by atoms with Crippen LogP contribution in [0.25, 0.3) is 11.1 Å². The van der Waals surface area contributed by atoms with Crippen LogP contribution >= 0.6 is 0 Å². The van der Waals surface area contributed by atoms with Crippen molar-refractivity contribution < 1.29 is 0 Å². The standard InChI is InChI=1S/C20H30N4/c21-8-6-19(23)13-15-10-16(14-20(24)7-9-22)12-18(11-15)17-4-2-1-3-5-17/h1-5,10-12,19-20H,6-9,13-14,21-24H2. The SMILES string of the molecule is NCCC(N)Cc1cc(CC(N)CCN)cc(-c2ccccc2)c1. The van der Waals surface area contributed by atoms with Crippen LogP contribution < -0.4 is 22.9 Å². The Hall–Kier alpha value is -1.72. The summed E-state index contributed by atoms with van der Waals surface area (Å²) in [5.41, 5.74) is 28.5. The van der Waals surface area contributed by atoms with Crippen molar-refractivity contribution in [1.29, 1.82) is 0 Å². The fraction of sp³-hybridized carbons (Fsp3) is 0.400. The number of hydrogen-bond donors (Lipinski definition) is 4. The summed E-state index contributed by atoms with van der Waals surface area (Å²) in [6.07, 6.45) is 3.32. The Morgan fingerprint density at radius 1 is 0.667 bits per heavy atom. The van der Waals surface area contributed by atoms with E-state index in [-0.39, 0.29) is 12.1 Å². The first-order valence-electron chi connectivity index (χ1n) is 8.72. The van der Waals surface area contributed by atoms with Gasteiger partial charge >= 0.3 is 0 Å². The molecule has 0 heterocycles. The lowest BCUT2D eigenvalue weighted by atomic mass is 9.93. The molecule has 0 saturated carbocycles. The predicted octanol–water partition coefficient (Wildman–Crippen LogP) is 1.79. The molecule has 0 aliphatic rings. The zero-order valence-electron chi connectivity index (χ0n) is 14.3. The lowest BCUT2D eigenvalue weighted by molar-refractivity contribution is 0.611. The summed E-state index contributed by atoms with van der Waals surface area (Å²) in [6.45, 7) is 1.24. The minimum atomic E-state index is 0.0894. The van der Waals surface area contributed by atoms with E-state index in [9.17, 15) is 0 Å². The second-order valence-corrected chi connectivity index (χ2v) is 6.49. The lowest BCUT2D eigenvalue weighted by Crippen LogP contribution is -2.27. The van der Waals surface area contributed by atoms with E-state index in [0.29, 0.717) is 13.1 Å². The van der Waals surface area contributed by atoms with Crippen LogP contribution in [0.1, 0.15) is 24.0 Å². The molecule has 2 aromatic rings. The summed E-state index contributed by atoms with van der Waals surface area (Å²) in [5.74, 6) is 0. The second kappa shape index (κ2) is 9.55. The fourth-order valence-electron chi connectivity index (χ4n) is 3.03. The number of rotatable bonds is 9. The Kier molecular flexibility index (Phi) is 7.40. The largest absolute Gasteiger partial charge is 0.330 e. The first-order chi connectivity index (χ1) is 11.6. The molecular formula is C20H30N4. The molecule has 4 heteroatoms. The van der Waals surface area contributed by atoms with Crippen LogP contribution in [0.3, 0.4) is 0 Å². The van der Waals surface area contributed by atoms with Gasteiger partial charge in [-0.05, 0) is 61.0 Å². The number of nitrogens with two attached hydrogens (primary N) is 4. The third kappa shape index (κ3) is 5.73. The summed E-state index contributed by atoms with van der Waals surface area (Å²) in [4.78, 5) is 0. The van der Waals surface area contributed by atoms with Crippen molar-refractivity contribution in [3.8, 4) is 11.1 Å². The molecule has 0 aromatic heterocycles. The van der Waals surface area contributed by atoms with Crippen molar-refractivity contribution in [3.63, 3.8) is 0 Å². The molecule has 8 N–H and O–H groups in total. The van der Waals surface area contributed by atoms with Gasteiger partial charge in [-0.3, -0.25) is 0 Å². The zero-order valence-corrected chi connectivity index (χ0v) is 14.3. The normalized spacial score (nSPS) is 13.7. The predicted molar refractivity (Wildman–Crippen MR) is 103 cm³/mol. The van der Waals surface area contributed by atoms with Gasteiger partial charge in [0.15, 0.2) is 0 Å². The minimum Gasteiger partial charge on any atom is -0.330 e. The van der Waals surface area contributed by atoms with E-state index in [4.69, 9.17) is 22.9 Å². The maximum absolute atomic E-state index is 6.18. The minimum absolute atomic E-state index is 0.0894. The number of benzene rings is 2. The molecule has 130 valence electrons. The van der Waals surface area contributed by atoms with Crippen LogP contribution in [-0.4, -0.2) is 25.2 Å². The Labute approximate surface area is 145 Å². The van der Waals surface area contributed by atoms with Gasteiger partial charge in [0.2, 0.25) is 0 Å². The monoisotopic (exact) mass is 326 g/mol. The summed E-state index contributed by atoms with van der Waals surface area (Å²) in [7, 11) is 0.